The first-order valence-corrected chi connectivity index (χ1v) is 6.19. The number of nitriles is 1. The van der Waals surface area contributed by atoms with Crippen molar-refractivity contribution < 1.29 is 4.42 Å². The molecule has 4 heteroatoms. The minimum Gasteiger partial charge on any atom is -0.444 e. The van der Waals surface area contributed by atoms with Gasteiger partial charge in [0.15, 0.2) is 5.22 Å². The first-order chi connectivity index (χ1) is 8.53. The summed E-state index contributed by atoms with van der Waals surface area (Å²) in [6, 6.07) is 10.0. The van der Waals surface area contributed by atoms with Gasteiger partial charge in [0.25, 0.3) is 0 Å². The van der Waals surface area contributed by atoms with E-state index >= 15 is 0 Å². The maximum Gasteiger partial charge on any atom is 0.199 e. The fourth-order valence-corrected chi connectivity index (χ4v) is 2.02. The molecule has 0 unspecified atom stereocenters. The molecule has 1 aromatic heterocycles. The number of para-hydroxylation sites is 1. The van der Waals surface area contributed by atoms with Crippen LogP contribution in [0, 0.1) is 16.7 Å². The summed E-state index contributed by atoms with van der Waals surface area (Å²) in [4.78, 5) is 0. The van der Waals surface area contributed by atoms with Gasteiger partial charge in [-0.15, -0.1) is 0 Å². The van der Waals surface area contributed by atoms with E-state index in [-0.39, 0.29) is 5.41 Å². The van der Waals surface area contributed by atoms with E-state index in [4.69, 9.17) is 21.3 Å². The summed E-state index contributed by atoms with van der Waals surface area (Å²) in [5.41, 5.74) is 1.35. The summed E-state index contributed by atoms with van der Waals surface area (Å²) in [5.74, 6) is 0. The van der Waals surface area contributed by atoms with Crippen molar-refractivity contribution >= 4 is 22.6 Å². The second-order valence-electron chi connectivity index (χ2n) is 4.95. The Bertz CT molecular complexity index is 595. The fourth-order valence-electron chi connectivity index (χ4n) is 1.77. The predicted molar refractivity (Wildman–Crippen MR) is 72.3 cm³/mol. The number of rotatable bonds is 4. The van der Waals surface area contributed by atoms with Crippen molar-refractivity contribution in [3.05, 3.63) is 35.0 Å². The number of nitrogens with zero attached hydrogens (tertiary/aromatic N) is 1. The van der Waals surface area contributed by atoms with Crippen LogP contribution in [0.4, 0.5) is 0 Å². The van der Waals surface area contributed by atoms with Crippen molar-refractivity contribution in [1.29, 1.82) is 5.26 Å². The van der Waals surface area contributed by atoms with Crippen molar-refractivity contribution in [2.45, 2.75) is 20.4 Å². The highest BCUT2D eigenvalue weighted by molar-refractivity contribution is 6.30. The predicted octanol–water partition coefficient (Wildman–Crippen LogP) is 3.73. The molecule has 0 saturated carbocycles. The molecule has 94 valence electrons. The third-order valence-electron chi connectivity index (χ3n) is 2.82. The molecule has 2 aromatic rings. The Hall–Kier alpha value is -1.50. The molecule has 0 atom stereocenters. The zero-order valence-electron chi connectivity index (χ0n) is 10.5. The van der Waals surface area contributed by atoms with E-state index in [0.29, 0.717) is 18.3 Å². The first kappa shape index (κ1) is 12.9. The van der Waals surface area contributed by atoms with E-state index in [2.05, 4.69) is 11.4 Å². The lowest BCUT2D eigenvalue weighted by atomic mass is 9.96. The highest BCUT2D eigenvalue weighted by Crippen LogP contribution is 2.29. The second kappa shape index (κ2) is 5.01. The van der Waals surface area contributed by atoms with E-state index in [1.54, 1.807) is 0 Å². The van der Waals surface area contributed by atoms with Crippen molar-refractivity contribution in [2.24, 2.45) is 5.41 Å². The maximum absolute atomic E-state index is 8.94. The second-order valence-corrected chi connectivity index (χ2v) is 5.29. The minimum atomic E-state index is -0.383. The first-order valence-electron chi connectivity index (χ1n) is 5.81. The van der Waals surface area contributed by atoms with E-state index in [1.165, 1.54) is 0 Å². The number of benzene rings is 1. The summed E-state index contributed by atoms with van der Waals surface area (Å²) < 4.78 is 5.47. The van der Waals surface area contributed by atoms with Crippen molar-refractivity contribution in [1.82, 2.24) is 5.32 Å². The van der Waals surface area contributed by atoms with Crippen LogP contribution >= 0.6 is 11.6 Å². The normalized spacial score (nSPS) is 11.7. The fraction of sp³-hybridized carbons (Fsp3) is 0.357. The Morgan fingerprint density at radius 2 is 2.11 bits per heavy atom. The lowest BCUT2D eigenvalue weighted by Crippen LogP contribution is -2.27. The topological polar surface area (TPSA) is 49.0 Å². The SMILES string of the molecule is CC(C)(C#N)CNCc1c(Cl)oc2ccccc12. The van der Waals surface area contributed by atoms with Gasteiger partial charge >= 0.3 is 0 Å². The Morgan fingerprint density at radius 3 is 2.83 bits per heavy atom. The Morgan fingerprint density at radius 1 is 1.39 bits per heavy atom. The van der Waals surface area contributed by atoms with Gasteiger partial charge < -0.3 is 9.73 Å². The van der Waals surface area contributed by atoms with Crippen molar-refractivity contribution in [2.75, 3.05) is 6.54 Å². The minimum absolute atomic E-state index is 0.383. The molecule has 0 aliphatic carbocycles. The maximum atomic E-state index is 8.94. The Balaban J connectivity index is 2.13. The molecular weight excluding hydrogens is 248 g/mol. The standard InChI is InChI=1S/C14H15ClN2O/c1-14(2,8-16)9-17-7-11-10-5-3-4-6-12(10)18-13(11)15/h3-6,17H,7,9H2,1-2H3. The average molecular weight is 263 g/mol. The molecule has 0 saturated heterocycles. The summed E-state index contributed by atoms with van der Waals surface area (Å²) in [6.07, 6.45) is 0. The number of hydrogen-bond acceptors (Lipinski definition) is 3. The van der Waals surface area contributed by atoms with Crippen LogP contribution in [-0.2, 0) is 6.54 Å². The van der Waals surface area contributed by atoms with Crippen molar-refractivity contribution in [3.63, 3.8) is 0 Å². The van der Waals surface area contributed by atoms with Gasteiger partial charge in [-0.3, -0.25) is 0 Å². The third kappa shape index (κ3) is 2.66. The summed E-state index contributed by atoms with van der Waals surface area (Å²) >= 11 is 6.08. The summed E-state index contributed by atoms with van der Waals surface area (Å²) in [5, 5.41) is 13.6. The molecule has 1 N–H and O–H groups in total. The molecule has 18 heavy (non-hydrogen) atoms. The number of hydrogen-bond donors (Lipinski definition) is 1. The summed E-state index contributed by atoms with van der Waals surface area (Å²) in [7, 11) is 0. The van der Waals surface area contributed by atoms with Crippen LogP contribution < -0.4 is 5.32 Å². The smallest absolute Gasteiger partial charge is 0.199 e. The largest absolute Gasteiger partial charge is 0.444 e. The molecular formula is C14H15ClN2O. The molecule has 0 fully saturated rings. The third-order valence-corrected chi connectivity index (χ3v) is 3.13. The van der Waals surface area contributed by atoms with E-state index < -0.39 is 0 Å². The number of furan rings is 1. The molecule has 0 radical (unpaired) electrons. The molecule has 0 aliphatic rings. The van der Waals surface area contributed by atoms with Crippen LogP contribution in [0.1, 0.15) is 19.4 Å². The van der Waals surface area contributed by atoms with Gasteiger partial charge in [-0.05, 0) is 31.5 Å². The van der Waals surface area contributed by atoms with Gasteiger partial charge in [0.1, 0.15) is 5.58 Å². The molecule has 1 aromatic carbocycles. The molecule has 3 nitrogen and oxygen atoms in total. The zero-order chi connectivity index (χ0) is 13.2. The van der Waals surface area contributed by atoms with Gasteiger partial charge in [0.05, 0.1) is 11.5 Å². The van der Waals surface area contributed by atoms with Gasteiger partial charge in [0.2, 0.25) is 0 Å². The van der Waals surface area contributed by atoms with E-state index in [0.717, 1.165) is 16.5 Å². The quantitative estimate of drug-likeness (QED) is 0.913. The van der Waals surface area contributed by atoms with Crippen LogP contribution in [0.2, 0.25) is 5.22 Å². The number of nitrogens with one attached hydrogen (secondary N) is 1. The zero-order valence-corrected chi connectivity index (χ0v) is 11.2. The Labute approximate surface area is 111 Å². The van der Waals surface area contributed by atoms with Gasteiger partial charge in [0, 0.05) is 24.0 Å². The van der Waals surface area contributed by atoms with Crippen LogP contribution in [0.5, 0.6) is 0 Å². The number of halogens is 1. The molecule has 0 bridgehead atoms. The van der Waals surface area contributed by atoms with Crippen LogP contribution in [0.25, 0.3) is 11.0 Å². The van der Waals surface area contributed by atoms with Crippen LogP contribution in [-0.4, -0.2) is 6.54 Å². The molecule has 0 amide bonds. The van der Waals surface area contributed by atoms with Gasteiger partial charge in [-0.2, -0.15) is 5.26 Å². The van der Waals surface area contributed by atoms with Crippen LogP contribution in [0.15, 0.2) is 28.7 Å². The Kier molecular flexibility index (Phi) is 3.60. The van der Waals surface area contributed by atoms with Crippen LogP contribution in [0.3, 0.4) is 0 Å². The molecule has 0 aliphatic heterocycles. The van der Waals surface area contributed by atoms with Gasteiger partial charge in [-0.1, -0.05) is 18.2 Å². The molecule has 1 heterocycles. The van der Waals surface area contributed by atoms with E-state index in [1.807, 2.05) is 38.1 Å². The lowest BCUT2D eigenvalue weighted by Gasteiger charge is -2.15. The molecule has 0 spiro atoms. The van der Waals surface area contributed by atoms with E-state index in [9.17, 15) is 0 Å². The monoisotopic (exact) mass is 262 g/mol. The molecule has 2 rings (SSSR count). The average Bonchev–Trinajstić information content (AvgIpc) is 2.66. The van der Waals surface area contributed by atoms with Gasteiger partial charge in [-0.25, -0.2) is 0 Å². The highest BCUT2D eigenvalue weighted by atomic mass is 35.5. The summed E-state index contributed by atoms with van der Waals surface area (Å²) in [6.45, 7) is 5.00. The lowest BCUT2D eigenvalue weighted by molar-refractivity contribution is 0.444. The van der Waals surface area contributed by atoms with Crippen molar-refractivity contribution in [3.8, 4) is 6.07 Å². The number of fused-ring (bicyclic) bond motifs is 1. The highest BCUT2D eigenvalue weighted by Gasteiger charge is 2.17.